The van der Waals surface area contributed by atoms with E-state index < -0.39 is 0 Å². The highest BCUT2D eigenvalue weighted by Crippen LogP contribution is 2.60. The fourth-order valence-corrected chi connectivity index (χ4v) is 7.44. The van der Waals surface area contributed by atoms with Gasteiger partial charge in [-0.3, -0.25) is 14.3 Å². The van der Waals surface area contributed by atoms with Gasteiger partial charge >= 0.3 is 0 Å². The number of carbonyl (C=O) groups excluding carboxylic acids is 1. The quantitative estimate of drug-likeness (QED) is 0.571. The first-order chi connectivity index (χ1) is 14.8. The number of thioether (sulfide) groups is 1. The summed E-state index contributed by atoms with van der Waals surface area (Å²) in [6.07, 6.45) is 7.28. The number of hydrogen-bond donors (Lipinski definition) is 0. The number of carbonyl (C=O) groups is 1. The molecule has 0 spiro atoms. The van der Waals surface area contributed by atoms with E-state index in [9.17, 15) is 9.18 Å². The number of aromatic nitrogens is 3. The second-order valence-electron chi connectivity index (χ2n) is 10.2. The van der Waals surface area contributed by atoms with Crippen LogP contribution in [0, 0.1) is 29.0 Å². The minimum absolute atomic E-state index is 0.0331. The van der Waals surface area contributed by atoms with Crippen LogP contribution in [0.1, 0.15) is 57.3 Å². The van der Waals surface area contributed by atoms with E-state index in [2.05, 4.69) is 22.0 Å². The largest absolute Gasteiger partial charge is 0.300 e. The molecule has 7 heteroatoms. The Morgan fingerprint density at radius 1 is 1.13 bits per heavy atom. The van der Waals surface area contributed by atoms with E-state index in [1.807, 2.05) is 18.7 Å². The molecule has 4 fully saturated rings. The average Bonchev–Trinajstić information content (AvgIpc) is 3.14. The fraction of sp³-hybridized carbons (Fsp3) is 0.625. The Labute approximate surface area is 187 Å². The normalized spacial score (nSPS) is 30.2. The van der Waals surface area contributed by atoms with E-state index in [1.54, 1.807) is 12.1 Å². The van der Waals surface area contributed by atoms with Crippen LogP contribution in [0.5, 0.6) is 0 Å². The molecule has 1 atom stereocenters. The number of benzene rings is 1. The zero-order valence-corrected chi connectivity index (χ0v) is 19.4. The Morgan fingerprint density at radius 2 is 1.71 bits per heavy atom. The van der Waals surface area contributed by atoms with Crippen molar-refractivity contribution >= 4 is 17.5 Å². The lowest BCUT2D eigenvalue weighted by molar-refractivity contribution is -0.141. The average molecular weight is 443 g/mol. The molecule has 1 heterocycles. The zero-order chi connectivity index (χ0) is 21.8. The second-order valence-corrected chi connectivity index (χ2v) is 11.1. The van der Waals surface area contributed by atoms with E-state index >= 15 is 0 Å². The van der Waals surface area contributed by atoms with Crippen LogP contribution in [0.3, 0.4) is 0 Å². The third kappa shape index (κ3) is 3.84. The van der Waals surface area contributed by atoms with E-state index in [0.717, 1.165) is 48.5 Å². The van der Waals surface area contributed by atoms with Crippen molar-refractivity contribution in [3.8, 4) is 5.69 Å². The van der Waals surface area contributed by atoms with Crippen LogP contribution < -0.4 is 0 Å². The van der Waals surface area contributed by atoms with Gasteiger partial charge in [0.1, 0.15) is 11.6 Å². The summed E-state index contributed by atoms with van der Waals surface area (Å²) in [5, 5.41) is 9.59. The summed E-state index contributed by atoms with van der Waals surface area (Å²) in [7, 11) is 4.00. The molecule has 0 saturated heterocycles. The topological polar surface area (TPSA) is 51.0 Å². The Balaban J connectivity index is 1.39. The van der Waals surface area contributed by atoms with E-state index in [4.69, 9.17) is 0 Å². The lowest BCUT2D eigenvalue weighted by atomic mass is 9.48. The molecule has 1 aromatic carbocycles. The highest BCUT2D eigenvalue weighted by molar-refractivity contribution is 7.99. The van der Waals surface area contributed by atoms with Crippen molar-refractivity contribution in [1.82, 2.24) is 19.7 Å². The minimum atomic E-state index is -0.273. The van der Waals surface area contributed by atoms with Crippen molar-refractivity contribution in [3.63, 3.8) is 0 Å². The molecule has 4 saturated carbocycles. The molecule has 4 aliphatic rings. The number of Topliss-reactive ketones (excluding diaryl/α,β-unsaturated/α-hetero) is 1. The summed E-state index contributed by atoms with van der Waals surface area (Å²) >= 11 is 1.48. The van der Waals surface area contributed by atoms with Gasteiger partial charge < -0.3 is 0 Å². The third-order valence-electron chi connectivity index (χ3n) is 7.85. The highest BCUT2D eigenvalue weighted by Gasteiger charge is 2.54. The second kappa shape index (κ2) is 8.00. The van der Waals surface area contributed by atoms with Crippen LogP contribution in [0.2, 0.25) is 0 Å². The van der Waals surface area contributed by atoms with Gasteiger partial charge in [0.2, 0.25) is 0 Å². The van der Waals surface area contributed by atoms with E-state index in [-0.39, 0.29) is 17.3 Å². The molecule has 4 aliphatic carbocycles. The molecule has 0 amide bonds. The summed E-state index contributed by atoms with van der Waals surface area (Å²) in [4.78, 5) is 15.5. The molecule has 0 radical (unpaired) electrons. The fourth-order valence-electron chi connectivity index (χ4n) is 6.44. The Kier molecular flexibility index (Phi) is 5.45. The number of rotatable bonds is 7. The molecule has 0 unspecified atom stereocenters. The van der Waals surface area contributed by atoms with Crippen molar-refractivity contribution in [1.29, 1.82) is 0 Å². The molecule has 0 N–H and O–H groups in total. The first kappa shape index (κ1) is 21.1. The number of nitrogens with zero attached hydrogens (tertiary/aromatic N) is 4. The maximum Gasteiger partial charge on any atom is 0.196 e. The first-order valence-electron chi connectivity index (χ1n) is 11.4. The highest BCUT2D eigenvalue weighted by atomic mass is 32.2. The van der Waals surface area contributed by atoms with Gasteiger partial charge in [-0.25, -0.2) is 4.39 Å². The minimum Gasteiger partial charge on any atom is -0.300 e. The molecule has 5 nitrogen and oxygen atoms in total. The summed E-state index contributed by atoms with van der Waals surface area (Å²) in [5.74, 6) is 3.63. The summed E-state index contributed by atoms with van der Waals surface area (Å²) < 4.78 is 15.5. The SMILES string of the molecule is C[C@@H](c1nnc(SCC(=O)C23CC4CC(CC(C4)C2)C3)n1-c1ccc(F)cc1)N(C)C. The third-order valence-corrected chi connectivity index (χ3v) is 8.78. The maximum atomic E-state index is 13.5. The Bertz CT molecular complexity index is 935. The summed E-state index contributed by atoms with van der Waals surface area (Å²) in [5.41, 5.74) is 0.724. The maximum absolute atomic E-state index is 13.5. The van der Waals surface area contributed by atoms with Crippen LogP contribution in [0.15, 0.2) is 29.4 Å². The van der Waals surface area contributed by atoms with E-state index in [1.165, 1.54) is 43.2 Å². The van der Waals surface area contributed by atoms with Gasteiger partial charge in [0.15, 0.2) is 11.0 Å². The number of hydrogen-bond acceptors (Lipinski definition) is 5. The van der Waals surface area contributed by atoms with Crippen molar-refractivity contribution in [3.05, 3.63) is 35.9 Å². The van der Waals surface area contributed by atoms with Crippen LogP contribution in [0.25, 0.3) is 5.69 Å². The molecule has 6 rings (SSSR count). The molecule has 31 heavy (non-hydrogen) atoms. The van der Waals surface area contributed by atoms with Crippen LogP contribution in [-0.4, -0.2) is 45.3 Å². The zero-order valence-electron chi connectivity index (χ0n) is 18.6. The molecule has 166 valence electrons. The van der Waals surface area contributed by atoms with Crippen molar-refractivity contribution in [2.24, 2.45) is 23.2 Å². The molecular formula is C24H31FN4OS. The molecule has 0 aliphatic heterocycles. The molecular weight excluding hydrogens is 411 g/mol. The van der Waals surface area contributed by atoms with Crippen molar-refractivity contribution in [2.45, 2.75) is 56.6 Å². The van der Waals surface area contributed by atoms with Gasteiger partial charge in [-0.15, -0.1) is 10.2 Å². The molecule has 2 aromatic rings. The molecule has 1 aromatic heterocycles. The first-order valence-corrected chi connectivity index (χ1v) is 12.4. The van der Waals surface area contributed by atoms with Crippen LogP contribution in [-0.2, 0) is 4.79 Å². The predicted octanol–water partition coefficient (Wildman–Crippen LogP) is 4.91. The van der Waals surface area contributed by atoms with Gasteiger partial charge in [-0.1, -0.05) is 11.8 Å². The lowest BCUT2D eigenvalue weighted by Gasteiger charge is -2.56. The van der Waals surface area contributed by atoms with Crippen molar-refractivity contribution in [2.75, 3.05) is 19.8 Å². The van der Waals surface area contributed by atoms with Crippen LogP contribution in [0.4, 0.5) is 4.39 Å². The van der Waals surface area contributed by atoms with Gasteiger partial charge in [0.25, 0.3) is 0 Å². The Morgan fingerprint density at radius 3 is 2.26 bits per heavy atom. The standard InChI is InChI=1S/C24H31FN4OS/c1-15(28(2)3)22-26-27-23(29(22)20-6-4-19(25)5-7-20)31-14-21(30)24-11-16-8-17(12-24)10-18(9-16)13-24/h4-7,15-18H,8-14H2,1-3H3/t15-,16?,17?,18?,24?/m0/s1. The van der Waals surface area contributed by atoms with Gasteiger partial charge in [0, 0.05) is 11.1 Å². The summed E-state index contributed by atoms with van der Waals surface area (Å²) in [6.45, 7) is 2.07. The summed E-state index contributed by atoms with van der Waals surface area (Å²) in [6, 6.07) is 6.43. The lowest BCUT2D eigenvalue weighted by Crippen LogP contribution is -2.50. The number of ketones is 1. The van der Waals surface area contributed by atoms with E-state index in [0.29, 0.717) is 16.7 Å². The predicted molar refractivity (Wildman–Crippen MR) is 120 cm³/mol. The van der Waals surface area contributed by atoms with Gasteiger partial charge in [0.05, 0.1) is 11.8 Å². The van der Waals surface area contributed by atoms with Crippen molar-refractivity contribution < 1.29 is 9.18 Å². The van der Waals surface area contributed by atoms with Crippen LogP contribution >= 0.6 is 11.8 Å². The number of halogens is 1. The molecule has 4 bridgehead atoms. The smallest absolute Gasteiger partial charge is 0.196 e. The van der Waals surface area contributed by atoms with Gasteiger partial charge in [-0.05, 0) is 102 Å². The monoisotopic (exact) mass is 442 g/mol. The Hall–Kier alpha value is -1.73. The van der Waals surface area contributed by atoms with Gasteiger partial charge in [-0.2, -0.15) is 0 Å².